The average Bonchev–Trinajstić information content (AvgIpc) is 2.42. The molecule has 2 unspecified atom stereocenters. The third-order valence-corrected chi connectivity index (χ3v) is 4.64. The molecule has 0 amide bonds. The van der Waals surface area contributed by atoms with Crippen LogP contribution in [0.15, 0.2) is 36.4 Å². The van der Waals surface area contributed by atoms with Gasteiger partial charge in [-0.05, 0) is 48.8 Å². The molecule has 20 heavy (non-hydrogen) atoms. The zero-order chi connectivity index (χ0) is 14.3. The summed E-state index contributed by atoms with van der Waals surface area (Å²) in [5.41, 5.74) is 2.40. The molecule has 0 fully saturated rings. The van der Waals surface area contributed by atoms with Crippen molar-refractivity contribution in [2.45, 2.75) is 25.9 Å². The Morgan fingerprint density at radius 2 is 1.95 bits per heavy atom. The van der Waals surface area contributed by atoms with Gasteiger partial charge in [-0.1, -0.05) is 43.3 Å². The smallest absolute Gasteiger partial charge is 0.0864 e. The number of aliphatic hydroxyl groups excluding tert-OH is 1. The number of nitrogens with zero attached hydrogens (tertiary/aromatic N) is 1. The van der Waals surface area contributed by atoms with E-state index in [4.69, 9.17) is 0 Å². The van der Waals surface area contributed by atoms with Gasteiger partial charge in [0.05, 0.1) is 6.10 Å². The molecule has 0 saturated carbocycles. The van der Waals surface area contributed by atoms with Crippen LogP contribution in [0, 0.1) is 5.41 Å². The molecule has 1 N–H and O–H groups in total. The Labute approximate surface area is 121 Å². The van der Waals surface area contributed by atoms with E-state index in [1.54, 1.807) is 0 Å². The van der Waals surface area contributed by atoms with E-state index in [-0.39, 0.29) is 11.5 Å². The van der Waals surface area contributed by atoms with Crippen molar-refractivity contribution in [1.29, 1.82) is 0 Å². The highest BCUT2D eigenvalue weighted by Crippen LogP contribution is 2.46. The summed E-state index contributed by atoms with van der Waals surface area (Å²) in [5, 5.41) is 13.4. The maximum Gasteiger partial charge on any atom is 0.0864 e. The third-order valence-electron chi connectivity index (χ3n) is 4.64. The molecule has 0 bridgehead atoms. The fourth-order valence-electron chi connectivity index (χ4n) is 3.67. The first-order valence-corrected chi connectivity index (χ1v) is 7.34. The lowest BCUT2D eigenvalue weighted by Gasteiger charge is -2.42. The van der Waals surface area contributed by atoms with Gasteiger partial charge in [-0.15, -0.1) is 0 Å². The van der Waals surface area contributed by atoms with Crippen molar-refractivity contribution in [2.75, 3.05) is 20.6 Å². The van der Waals surface area contributed by atoms with Crippen molar-refractivity contribution >= 4 is 10.8 Å². The van der Waals surface area contributed by atoms with Crippen molar-refractivity contribution in [1.82, 2.24) is 4.90 Å². The predicted molar refractivity (Wildman–Crippen MR) is 83.9 cm³/mol. The quantitative estimate of drug-likeness (QED) is 0.903. The van der Waals surface area contributed by atoms with Gasteiger partial charge in [0.2, 0.25) is 0 Å². The van der Waals surface area contributed by atoms with Crippen molar-refractivity contribution in [3.8, 4) is 0 Å². The lowest BCUT2D eigenvalue weighted by atomic mass is 9.69. The Morgan fingerprint density at radius 3 is 2.70 bits per heavy atom. The van der Waals surface area contributed by atoms with E-state index in [9.17, 15) is 5.11 Å². The third kappa shape index (κ3) is 2.13. The first-order chi connectivity index (χ1) is 9.51. The summed E-state index contributed by atoms with van der Waals surface area (Å²) in [6.45, 7) is 3.12. The highest BCUT2D eigenvalue weighted by atomic mass is 16.3. The maximum absolute atomic E-state index is 11.0. The Morgan fingerprint density at radius 1 is 1.20 bits per heavy atom. The van der Waals surface area contributed by atoms with Crippen LogP contribution in [-0.2, 0) is 6.42 Å². The zero-order valence-corrected chi connectivity index (χ0v) is 12.6. The van der Waals surface area contributed by atoms with Crippen LogP contribution in [0.2, 0.25) is 0 Å². The number of hydrogen-bond donors (Lipinski definition) is 1. The van der Waals surface area contributed by atoms with Gasteiger partial charge in [0, 0.05) is 12.0 Å². The summed E-state index contributed by atoms with van der Waals surface area (Å²) in [6, 6.07) is 12.8. The number of aryl methyl sites for hydroxylation is 1. The highest BCUT2D eigenvalue weighted by Gasteiger charge is 2.39. The summed E-state index contributed by atoms with van der Waals surface area (Å²) in [5.74, 6) is 0. The molecule has 2 heteroatoms. The summed E-state index contributed by atoms with van der Waals surface area (Å²) in [6.07, 6.45) is 1.71. The molecule has 0 spiro atoms. The van der Waals surface area contributed by atoms with E-state index in [0.717, 1.165) is 24.9 Å². The second kappa shape index (κ2) is 4.87. The molecule has 1 aliphatic rings. The van der Waals surface area contributed by atoms with Crippen molar-refractivity contribution in [3.63, 3.8) is 0 Å². The predicted octanol–water partition coefficient (Wildman–Crippen LogP) is 3.39. The Hall–Kier alpha value is -1.38. The van der Waals surface area contributed by atoms with Gasteiger partial charge in [0.1, 0.15) is 0 Å². The van der Waals surface area contributed by atoms with E-state index in [1.165, 1.54) is 16.3 Å². The molecule has 2 aromatic carbocycles. The second-order valence-corrected chi connectivity index (χ2v) is 6.65. The molecule has 2 nitrogen and oxygen atoms in total. The topological polar surface area (TPSA) is 23.5 Å². The van der Waals surface area contributed by atoms with E-state index in [1.807, 2.05) is 0 Å². The molecule has 0 aliphatic heterocycles. The minimum atomic E-state index is -0.389. The molecule has 1 aliphatic carbocycles. The van der Waals surface area contributed by atoms with Crippen LogP contribution in [0.4, 0.5) is 0 Å². The van der Waals surface area contributed by atoms with E-state index >= 15 is 0 Å². The lowest BCUT2D eigenvalue weighted by Crippen LogP contribution is -2.39. The molecule has 106 valence electrons. The van der Waals surface area contributed by atoms with Crippen molar-refractivity contribution in [2.24, 2.45) is 5.41 Å². The highest BCUT2D eigenvalue weighted by molar-refractivity contribution is 5.87. The first kappa shape index (κ1) is 13.6. The average molecular weight is 269 g/mol. The van der Waals surface area contributed by atoms with Crippen LogP contribution in [-0.4, -0.2) is 30.6 Å². The van der Waals surface area contributed by atoms with Gasteiger partial charge < -0.3 is 10.0 Å². The van der Waals surface area contributed by atoms with E-state index in [2.05, 4.69) is 62.3 Å². The van der Waals surface area contributed by atoms with Crippen LogP contribution < -0.4 is 0 Å². The minimum absolute atomic E-state index is 0.0688. The molecule has 0 aromatic heterocycles. The standard InChI is InChI=1S/C18H23NO/c1-18(12-19(2)3)11-10-14-9-8-13-6-4-5-7-15(13)16(14)17(18)20/h4-9,17,20H,10-12H2,1-3H3. The molecule has 2 atom stereocenters. The van der Waals surface area contributed by atoms with Gasteiger partial charge in [-0.25, -0.2) is 0 Å². The molecule has 3 rings (SSSR count). The van der Waals surface area contributed by atoms with Crippen molar-refractivity contribution in [3.05, 3.63) is 47.5 Å². The largest absolute Gasteiger partial charge is 0.388 e. The Kier molecular flexibility index (Phi) is 3.31. The maximum atomic E-state index is 11.0. The minimum Gasteiger partial charge on any atom is -0.388 e. The molecular formula is C18H23NO. The van der Waals surface area contributed by atoms with Crippen LogP contribution >= 0.6 is 0 Å². The van der Waals surface area contributed by atoms with Crippen LogP contribution in [0.25, 0.3) is 10.8 Å². The van der Waals surface area contributed by atoms with Gasteiger partial charge in [-0.2, -0.15) is 0 Å². The first-order valence-electron chi connectivity index (χ1n) is 7.34. The molecule has 2 aromatic rings. The van der Waals surface area contributed by atoms with Crippen LogP contribution in [0.1, 0.15) is 30.6 Å². The number of benzene rings is 2. The van der Waals surface area contributed by atoms with E-state index < -0.39 is 0 Å². The molecule has 0 saturated heterocycles. The molecular weight excluding hydrogens is 246 g/mol. The van der Waals surface area contributed by atoms with Gasteiger partial charge >= 0.3 is 0 Å². The number of fused-ring (bicyclic) bond motifs is 3. The van der Waals surface area contributed by atoms with Crippen LogP contribution in [0.5, 0.6) is 0 Å². The number of hydrogen-bond acceptors (Lipinski definition) is 2. The molecule has 0 radical (unpaired) electrons. The van der Waals surface area contributed by atoms with Gasteiger partial charge in [-0.3, -0.25) is 0 Å². The fraction of sp³-hybridized carbons (Fsp3) is 0.444. The zero-order valence-electron chi connectivity index (χ0n) is 12.6. The summed E-state index contributed by atoms with van der Waals surface area (Å²) >= 11 is 0. The summed E-state index contributed by atoms with van der Waals surface area (Å²) in [7, 11) is 4.16. The summed E-state index contributed by atoms with van der Waals surface area (Å²) in [4.78, 5) is 2.18. The fourth-order valence-corrected chi connectivity index (χ4v) is 3.67. The monoisotopic (exact) mass is 269 g/mol. The van der Waals surface area contributed by atoms with Crippen LogP contribution in [0.3, 0.4) is 0 Å². The number of rotatable bonds is 2. The SMILES string of the molecule is CN(C)CC1(C)CCc2ccc3ccccc3c2C1O. The normalized spacial score (nSPS) is 25.9. The number of aliphatic hydroxyl groups is 1. The van der Waals surface area contributed by atoms with Crippen molar-refractivity contribution < 1.29 is 5.11 Å². The lowest BCUT2D eigenvalue weighted by molar-refractivity contribution is 0.00396. The van der Waals surface area contributed by atoms with Gasteiger partial charge in [0.15, 0.2) is 0 Å². The van der Waals surface area contributed by atoms with E-state index in [0.29, 0.717) is 0 Å². The molecule has 0 heterocycles. The second-order valence-electron chi connectivity index (χ2n) is 6.65. The Balaban J connectivity index is 2.14. The Bertz CT molecular complexity index is 634. The van der Waals surface area contributed by atoms with Gasteiger partial charge in [0.25, 0.3) is 0 Å². The summed E-state index contributed by atoms with van der Waals surface area (Å²) < 4.78 is 0.